The quantitative estimate of drug-likeness (QED) is 0.776. The molecule has 1 fully saturated rings. The van der Waals surface area contributed by atoms with E-state index in [-0.39, 0.29) is 5.91 Å². The molecule has 8 heteroatoms. The first-order valence-corrected chi connectivity index (χ1v) is 8.95. The number of hydrogen-bond donors (Lipinski definition) is 2. The number of methoxy groups -OCH3 is 1. The number of hydrogen-bond acceptors (Lipinski definition) is 6. The Balaban J connectivity index is 1.49. The molecule has 2 aromatic rings. The molecule has 0 unspecified atom stereocenters. The Hall–Kier alpha value is -2.87. The number of anilines is 2. The summed E-state index contributed by atoms with van der Waals surface area (Å²) in [5.41, 5.74) is 4.38. The summed E-state index contributed by atoms with van der Waals surface area (Å²) in [6.45, 7) is 7.74. The number of esters is 1. The largest absolute Gasteiger partial charge is 0.465 e. The summed E-state index contributed by atoms with van der Waals surface area (Å²) in [5, 5.41) is 10.1. The van der Waals surface area contributed by atoms with Crippen LogP contribution in [0.4, 0.5) is 11.4 Å². The lowest BCUT2D eigenvalue weighted by molar-refractivity contribution is -0.117. The zero-order valence-electron chi connectivity index (χ0n) is 15.9. The van der Waals surface area contributed by atoms with Crippen LogP contribution in [-0.4, -0.2) is 66.8 Å². The molecular formula is C19H25N5O3. The van der Waals surface area contributed by atoms with Crippen LogP contribution in [0.15, 0.2) is 24.3 Å². The molecule has 3 rings (SSSR count). The first kappa shape index (κ1) is 18.9. The summed E-state index contributed by atoms with van der Waals surface area (Å²) < 4.78 is 4.67. The van der Waals surface area contributed by atoms with Crippen LogP contribution in [0.25, 0.3) is 0 Å². The number of aryl methyl sites for hydroxylation is 2. The highest BCUT2D eigenvalue weighted by molar-refractivity contribution is 5.94. The fourth-order valence-corrected chi connectivity index (χ4v) is 3.35. The fourth-order valence-electron chi connectivity index (χ4n) is 3.35. The minimum absolute atomic E-state index is 0.0649. The topological polar surface area (TPSA) is 90.6 Å². The molecule has 1 saturated heterocycles. The van der Waals surface area contributed by atoms with Gasteiger partial charge in [-0.05, 0) is 38.1 Å². The van der Waals surface area contributed by atoms with Crippen LogP contribution < -0.4 is 10.2 Å². The highest BCUT2D eigenvalue weighted by Gasteiger charge is 2.22. The van der Waals surface area contributed by atoms with E-state index in [1.807, 2.05) is 13.8 Å². The van der Waals surface area contributed by atoms with Crippen LogP contribution in [0, 0.1) is 13.8 Å². The van der Waals surface area contributed by atoms with Gasteiger partial charge in [-0.2, -0.15) is 5.10 Å². The Bertz CT molecular complexity index is 788. The Morgan fingerprint density at radius 3 is 2.37 bits per heavy atom. The second-order valence-corrected chi connectivity index (χ2v) is 6.66. The van der Waals surface area contributed by atoms with Crippen LogP contribution in [0.2, 0.25) is 0 Å². The number of ether oxygens (including phenoxy) is 1. The van der Waals surface area contributed by atoms with Crippen molar-refractivity contribution in [2.45, 2.75) is 13.8 Å². The molecule has 0 saturated carbocycles. The van der Waals surface area contributed by atoms with E-state index < -0.39 is 5.97 Å². The van der Waals surface area contributed by atoms with Crippen molar-refractivity contribution in [3.8, 4) is 0 Å². The highest BCUT2D eigenvalue weighted by Crippen LogP contribution is 2.23. The third kappa shape index (κ3) is 4.46. The summed E-state index contributed by atoms with van der Waals surface area (Å²) in [5.74, 6) is -0.459. The fraction of sp³-hybridized carbons (Fsp3) is 0.421. The molecule has 0 spiro atoms. The maximum absolute atomic E-state index is 12.3. The number of nitrogens with one attached hydrogen (secondary N) is 2. The molecule has 27 heavy (non-hydrogen) atoms. The SMILES string of the molecule is COC(=O)c1ccc(NC(=O)CN2CCN(c3c(C)n[nH]c3C)CC2)cc1. The second-order valence-electron chi connectivity index (χ2n) is 6.66. The van der Waals surface area contributed by atoms with Gasteiger partial charge in [-0.15, -0.1) is 0 Å². The van der Waals surface area contributed by atoms with Gasteiger partial charge in [0.05, 0.1) is 36.3 Å². The van der Waals surface area contributed by atoms with Gasteiger partial charge in [0.15, 0.2) is 0 Å². The third-order valence-electron chi connectivity index (χ3n) is 4.73. The number of benzene rings is 1. The maximum Gasteiger partial charge on any atom is 0.337 e. The van der Waals surface area contributed by atoms with Gasteiger partial charge < -0.3 is 15.0 Å². The van der Waals surface area contributed by atoms with Gasteiger partial charge >= 0.3 is 5.97 Å². The number of H-pyrrole nitrogens is 1. The van der Waals surface area contributed by atoms with Crippen molar-refractivity contribution in [1.29, 1.82) is 0 Å². The lowest BCUT2D eigenvalue weighted by Crippen LogP contribution is -2.49. The van der Waals surface area contributed by atoms with Crippen LogP contribution in [0.3, 0.4) is 0 Å². The number of rotatable bonds is 5. The van der Waals surface area contributed by atoms with Crippen LogP contribution >= 0.6 is 0 Å². The zero-order valence-corrected chi connectivity index (χ0v) is 15.9. The van der Waals surface area contributed by atoms with Gasteiger partial charge in [0.1, 0.15) is 0 Å². The van der Waals surface area contributed by atoms with E-state index in [9.17, 15) is 9.59 Å². The van der Waals surface area contributed by atoms with Crippen molar-refractivity contribution >= 4 is 23.3 Å². The van der Waals surface area contributed by atoms with E-state index in [0.29, 0.717) is 17.8 Å². The van der Waals surface area contributed by atoms with Crippen molar-refractivity contribution in [3.05, 3.63) is 41.2 Å². The van der Waals surface area contributed by atoms with E-state index in [1.54, 1.807) is 24.3 Å². The molecule has 2 heterocycles. The minimum Gasteiger partial charge on any atom is -0.465 e. The van der Waals surface area contributed by atoms with Crippen LogP contribution in [0.5, 0.6) is 0 Å². The average Bonchev–Trinajstić information content (AvgIpc) is 3.01. The number of nitrogens with zero attached hydrogens (tertiary/aromatic N) is 3. The van der Waals surface area contributed by atoms with E-state index in [1.165, 1.54) is 12.8 Å². The molecule has 1 aromatic heterocycles. The molecule has 144 valence electrons. The van der Waals surface area contributed by atoms with E-state index in [0.717, 1.165) is 37.6 Å². The van der Waals surface area contributed by atoms with E-state index >= 15 is 0 Å². The Morgan fingerprint density at radius 1 is 1.15 bits per heavy atom. The average molecular weight is 371 g/mol. The Kier molecular flexibility index (Phi) is 5.75. The lowest BCUT2D eigenvalue weighted by atomic mass is 10.2. The molecule has 1 amide bonds. The second kappa shape index (κ2) is 8.22. The highest BCUT2D eigenvalue weighted by atomic mass is 16.5. The monoisotopic (exact) mass is 371 g/mol. The van der Waals surface area contributed by atoms with Gasteiger partial charge in [-0.25, -0.2) is 4.79 Å². The van der Waals surface area contributed by atoms with Crippen LogP contribution in [0.1, 0.15) is 21.7 Å². The number of aromatic amines is 1. The smallest absolute Gasteiger partial charge is 0.337 e. The van der Waals surface area contributed by atoms with Gasteiger partial charge in [0.2, 0.25) is 5.91 Å². The first-order valence-electron chi connectivity index (χ1n) is 8.95. The molecule has 0 radical (unpaired) electrons. The van der Waals surface area contributed by atoms with Gasteiger partial charge in [0, 0.05) is 31.9 Å². The molecule has 1 aliphatic rings. The number of piperazine rings is 1. The molecule has 1 aliphatic heterocycles. The van der Waals surface area contributed by atoms with Gasteiger partial charge in [0.25, 0.3) is 0 Å². The first-order chi connectivity index (χ1) is 13.0. The summed E-state index contributed by atoms with van der Waals surface area (Å²) in [7, 11) is 1.34. The predicted molar refractivity (Wildman–Crippen MR) is 103 cm³/mol. The van der Waals surface area contributed by atoms with Crippen molar-refractivity contribution in [1.82, 2.24) is 15.1 Å². The molecule has 1 aromatic carbocycles. The molecular weight excluding hydrogens is 346 g/mol. The van der Waals surface area contributed by atoms with Crippen molar-refractivity contribution < 1.29 is 14.3 Å². The van der Waals surface area contributed by atoms with Crippen molar-refractivity contribution in [2.75, 3.05) is 50.1 Å². The predicted octanol–water partition coefficient (Wildman–Crippen LogP) is 1.57. The maximum atomic E-state index is 12.3. The van der Waals surface area contributed by atoms with Gasteiger partial charge in [-0.3, -0.25) is 14.8 Å². The summed E-state index contributed by atoms with van der Waals surface area (Å²) in [4.78, 5) is 28.2. The standard InChI is InChI=1S/C19H25N5O3/c1-13-18(14(2)22-21-13)24-10-8-23(9-11-24)12-17(25)20-16-6-4-15(5-7-16)19(26)27-3/h4-7H,8-12H2,1-3H3,(H,20,25)(H,21,22). The number of carbonyl (C=O) groups is 2. The Labute approximate surface area is 158 Å². The lowest BCUT2D eigenvalue weighted by Gasteiger charge is -2.35. The van der Waals surface area contributed by atoms with E-state index in [2.05, 4.69) is 30.1 Å². The molecule has 0 bridgehead atoms. The van der Waals surface area contributed by atoms with E-state index in [4.69, 9.17) is 0 Å². The number of aromatic nitrogens is 2. The summed E-state index contributed by atoms with van der Waals surface area (Å²) >= 11 is 0. The van der Waals surface area contributed by atoms with Crippen LogP contribution in [-0.2, 0) is 9.53 Å². The minimum atomic E-state index is -0.395. The molecule has 8 nitrogen and oxygen atoms in total. The third-order valence-corrected chi connectivity index (χ3v) is 4.73. The van der Waals surface area contributed by atoms with Gasteiger partial charge in [-0.1, -0.05) is 0 Å². The number of carbonyl (C=O) groups excluding carboxylic acids is 2. The summed E-state index contributed by atoms with van der Waals surface area (Å²) in [6, 6.07) is 6.67. The number of amides is 1. The molecule has 0 atom stereocenters. The Morgan fingerprint density at radius 2 is 1.81 bits per heavy atom. The zero-order chi connectivity index (χ0) is 19.4. The normalized spacial score (nSPS) is 14.9. The molecule has 2 N–H and O–H groups in total. The summed E-state index contributed by atoms with van der Waals surface area (Å²) in [6.07, 6.45) is 0. The van der Waals surface area contributed by atoms with Crippen molar-refractivity contribution in [2.24, 2.45) is 0 Å². The van der Waals surface area contributed by atoms with Crippen molar-refractivity contribution in [3.63, 3.8) is 0 Å². The molecule has 0 aliphatic carbocycles.